The van der Waals surface area contributed by atoms with Crippen LogP contribution in [0.5, 0.6) is 0 Å². The van der Waals surface area contributed by atoms with Gasteiger partial charge in [-0.05, 0) is 13.8 Å². The van der Waals surface area contributed by atoms with Gasteiger partial charge in [0.05, 0.1) is 12.0 Å². The smallest absolute Gasteiger partial charge is 0.227 e. The van der Waals surface area contributed by atoms with Gasteiger partial charge in [-0.3, -0.25) is 4.79 Å². The molecule has 0 atom stereocenters. The van der Waals surface area contributed by atoms with Gasteiger partial charge >= 0.3 is 0 Å². The van der Waals surface area contributed by atoms with Crippen molar-refractivity contribution in [1.29, 1.82) is 0 Å². The summed E-state index contributed by atoms with van der Waals surface area (Å²) in [6.07, 6.45) is 1.22. The van der Waals surface area contributed by atoms with E-state index in [2.05, 4.69) is 20.0 Å². The number of nitrogens with two attached hydrogens (primary N) is 1. The Hall–Kier alpha value is -1.43. The highest BCUT2D eigenvalue weighted by molar-refractivity contribution is 5.81. The second-order valence-corrected chi connectivity index (χ2v) is 3.62. The zero-order chi connectivity index (χ0) is 10.6. The number of nitrogens with one attached hydrogen (secondary N) is 1. The molecular formula is C8H14N4O2. The first kappa shape index (κ1) is 10.6. The van der Waals surface area contributed by atoms with E-state index in [0.29, 0.717) is 12.4 Å². The molecule has 6 nitrogen and oxygen atoms in total. The third-order valence-electron chi connectivity index (χ3n) is 1.94. The summed E-state index contributed by atoms with van der Waals surface area (Å²) in [5.41, 5.74) is 4.88. The number of nitrogens with zero attached hydrogens (tertiary/aromatic N) is 2. The lowest BCUT2D eigenvalue weighted by molar-refractivity contribution is -0.129. The molecule has 0 saturated heterocycles. The fraction of sp³-hybridized carbons (Fsp3) is 0.625. The number of amides is 1. The molecule has 0 radical (unpaired) electrons. The predicted octanol–water partition coefficient (Wildman–Crippen LogP) is -0.329. The molecular weight excluding hydrogens is 184 g/mol. The van der Waals surface area contributed by atoms with Crippen molar-refractivity contribution in [1.82, 2.24) is 15.5 Å². The third-order valence-corrected chi connectivity index (χ3v) is 1.94. The average molecular weight is 198 g/mol. The van der Waals surface area contributed by atoms with Crippen LogP contribution in [0.2, 0.25) is 0 Å². The fourth-order valence-corrected chi connectivity index (χ4v) is 0.762. The van der Waals surface area contributed by atoms with E-state index in [1.165, 1.54) is 6.39 Å². The second kappa shape index (κ2) is 4.19. The van der Waals surface area contributed by atoms with Gasteiger partial charge < -0.3 is 15.6 Å². The molecule has 78 valence electrons. The van der Waals surface area contributed by atoms with Crippen molar-refractivity contribution in [3.63, 3.8) is 0 Å². The van der Waals surface area contributed by atoms with E-state index >= 15 is 0 Å². The number of carbonyl (C=O) groups is 1. The molecule has 14 heavy (non-hydrogen) atoms. The van der Waals surface area contributed by atoms with E-state index in [4.69, 9.17) is 5.73 Å². The Balaban J connectivity index is 2.43. The van der Waals surface area contributed by atoms with Gasteiger partial charge in [0.2, 0.25) is 12.3 Å². The van der Waals surface area contributed by atoms with Gasteiger partial charge in [-0.15, -0.1) is 0 Å². The lowest BCUT2D eigenvalue weighted by Crippen LogP contribution is -2.41. The van der Waals surface area contributed by atoms with E-state index in [-0.39, 0.29) is 12.5 Å². The Morgan fingerprint density at radius 3 is 2.93 bits per heavy atom. The molecule has 0 spiro atoms. The van der Waals surface area contributed by atoms with Crippen LogP contribution in [-0.2, 0) is 11.3 Å². The molecule has 1 rings (SSSR count). The Bertz CT molecular complexity index is 294. The molecule has 0 bridgehead atoms. The van der Waals surface area contributed by atoms with E-state index in [1.54, 1.807) is 13.8 Å². The van der Waals surface area contributed by atoms with E-state index in [9.17, 15) is 4.79 Å². The topological polar surface area (TPSA) is 94.0 Å². The summed E-state index contributed by atoms with van der Waals surface area (Å²) in [6, 6.07) is 0. The predicted molar refractivity (Wildman–Crippen MR) is 49.0 cm³/mol. The van der Waals surface area contributed by atoms with Crippen molar-refractivity contribution in [2.24, 2.45) is 11.1 Å². The minimum atomic E-state index is -0.566. The molecule has 3 N–H and O–H groups in total. The maximum atomic E-state index is 11.5. The van der Waals surface area contributed by atoms with Crippen LogP contribution in [0.15, 0.2) is 10.9 Å². The summed E-state index contributed by atoms with van der Waals surface area (Å²) in [4.78, 5) is 15.3. The molecule has 6 heteroatoms. The van der Waals surface area contributed by atoms with E-state index in [1.807, 2.05) is 0 Å². The van der Waals surface area contributed by atoms with Gasteiger partial charge in [-0.25, -0.2) is 0 Å². The summed E-state index contributed by atoms with van der Waals surface area (Å²) in [5, 5.41) is 6.24. The zero-order valence-electron chi connectivity index (χ0n) is 8.28. The Morgan fingerprint density at radius 2 is 2.43 bits per heavy atom. The van der Waals surface area contributed by atoms with Crippen LogP contribution in [0, 0.1) is 5.41 Å². The van der Waals surface area contributed by atoms with Gasteiger partial charge in [-0.1, -0.05) is 5.16 Å². The van der Waals surface area contributed by atoms with E-state index in [0.717, 1.165) is 0 Å². The maximum absolute atomic E-state index is 11.5. The van der Waals surface area contributed by atoms with Crippen LogP contribution in [0.25, 0.3) is 0 Å². The fourth-order valence-electron chi connectivity index (χ4n) is 0.762. The molecule has 0 aliphatic heterocycles. The van der Waals surface area contributed by atoms with Crippen molar-refractivity contribution in [2.75, 3.05) is 6.54 Å². The first-order valence-corrected chi connectivity index (χ1v) is 4.30. The van der Waals surface area contributed by atoms with E-state index < -0.39 is 5.41 Å². The largest absolute Gasteiger partial charge is 0.348 e. The van der Waals surface area contributed by atoms with Crippen LogP contribution >= 0.6 is 0 Å². The molecule has 0 aromatic carbocycles. The molecule has 0 aliphatic rings. The molecule has 1 aromatic heterocycles. The zero-order valence-corrected chi connectivity index (χ0v) is 8.28. The summed E-state index contributed by atoms with van der Waals surface area (Å²) in [7, 11) is 0. The van der Waals surface area contributed by atoms with Gasteiger partial charge in [0.25, 0.3) is 0 Å². The van der Waals surface area contributed by atoms with Crippen molar-refractivity contribution in [2.45, 2.75) is 20.4 Å². The molecule has 0 saturated carbocycles. The Kier molecular flexibility index (Phi) is 3.19. The third kappa shape index (κ3) is 2.53. The van der Waals surface area contributed by atoms with Crippen molar-refractivity contribution >= 4 is 5.91 Å². The average Bonchev–Trinajstić information content (AvgIpc) is 2.66. The number of hydrogen-bond acceptors (Lipinski definition) is 5. The van der Waals surface area contributed by atoms with Gasteiger partial charge in [0.1, 0.15) is 0 Å². The summed E-state index contributed by atoms with van der Waals surface area (Å²) in [6.45, 7) is 4.11. The molecule has 0 unspecified atom stereocenters. The summed E-state index contributed by atoms with van der Waals surface area (Å²) < 4.78 is 4.52. The van der Waals surface area contributed by atoms with Crippen LogP contribution in [0.1, 0.15) is 19.7 Å². The SMILES string of the molecule is CC(C)(CN)C(=O)NCc1ncon1. The molecule has 1 aromatic rings. The first-order chi connectivity index (χ1) is 6.56. The molecule has 1 amide bonds. The first-order valence-electron chi connectivity index (χ1n) is 4.30. The highest BCUT2D eigenvalue weighted by atomic mass is 16.5. The van der Waals surface area contributed by atoms with Crippen LogP contribution < -0.4 is 11.1 Å². The maximum Gasteiger partial charge on any atom is 0.227 e. The summed E-state index contributed by atoms with van der Waals surface area (Å²) in [5.74, 6) is 0.330. The molecule has 1 heterocycles. The standard InChI is InChI=1S/C8H14N4O2/c1-8(2,4-9)7(13)10-3-6-11-5-14-12-6/h5H,3-4,9H2,1-2H3,(H,10,13). The monoisotopic (exact) mass is 198 g/mol. The number of carbonyl (C=O) groups excluding carboxylic acids is 1. The van der Waals surface area contributed by atoms with Crippen LogP contribution in [0.4, 0.5) is 0 Å². The Labute approximate surface area is 81.9 Å². The van der Waals surface area contributed by atoms with Crippen LogP contribution in [-0.4, -0.2) is 22.6 Å². The van der Waals surface area contributed by atoms with Crippen LogP contribution in [0.3, 0.4) is 0 Å². The lowest BCUT2D eigenvalue weighted by Gasteiger charge is -2.20. The van der Waals surface area contributed by atoms with Gasteiger partial charge in [-0.2, -0.15) is 4.98 Å². The van der Waals surface area contributed by atoms with Gasteiger partial charge in [0.15, 0.2) is 5.82 Å². The second-order valence-electron chi connectivity index (χ2n) is 3.62. The Morgan fingerprint density at radius 1 is 1.71 bits per heavy atom. The quantitative estimate of drug-likeness (QED) is 0.690. The number of hydrogen-bond donors (Lipinski definition) is 2. The normalized spacial score (nSPS) is 11.4. The minimum absolute atomic E-state index is 0.121. The van der Waals surface area contributed by atoms with Crippen molar-refractivity contribution < 1.29 is 9.32 Å². The lowest BCUT2D eigenvalue weighted by atomic mass is 9.93. The van der Waals surface area contributed by atoms with Crippen molar-refractivity contribution in [3.05, 3.63) is 12.2 Å². The number of aromatic nitrogens is 2. The molecule has 0 aliphatic carbocycles. The summed E-state index contributed by atoms with van der Waals surface area (Å²) >= 11 is 0. The number of rotatable bonds is 4. The highest BCUT2D eigenvalue weighted by Crippen LogP contribution is 2.12. The minimum Gasteiger partial charge on any atom is -0.348 e. The molecule has 0 fully saturated rings. The van der Waals surface area contributed by atoms with Crippen molar-refractivity contribution in [3.8, 4) is 0 Å². The highest BCUT2D eigenvalue weighted by Gasteiger charge is 2.25. The van der Waals surface area contributed by atoms with Gasteiger partial charge in [0, 0.05) is 6.54 Å².